The second kappa shape index (κ2) is 6.40. The Morgan fingerprint density at radius 3 is 2.38 bits per heavy atom. The summed E-state index contributed by atoms with van der Waals surface area (Å²) in [5, 5.41) is 23.0. The molecule has 2 aromatic carbocycles. The van der Waals surface area contributed by atoms with E-state index in [4.69, 9.17) is 0 Å². The highest BCUT2D eigenvalue weighted by atomic mass is 79.9. The van der Waals surface area contributed by atoms with Crippen LogP contribution in [0.2, 0.25) is 0 Å². The molecule has 0 aliphatic carbocycles. The van der Waals surface area contributed by atoms with Crippen molar-refractivity contribution < 1.29 is 14.4 Å². The normalized spacial score (nSPS) is 10.4. The van der Waals surface area contributed by atoms with Gasteiger partial charge < -0.3 is 10.4 Å². The van der Waals surface area contributed by atoms with Gasteiger partial charge >= 0.3 is 0 Å². The molecule has 0 saturated carbocycles. The Morgan fingerprint density at radius 2 is 1.86 bits per heavy atom. The van der Waals surface area contributed by atoms with E-state index in [1.54, 1.807) is 12.1 Å². The van der Waals surface area contributed by atoms with Crippen LogP contribution in [-0.2, 0) is 6.54 Å². The second-order valence-electron chi connectivity index (χ2n) is 4.18. The molecule has 0 bridgehead atoms. The molecule has 0 atom stereocenters. The average Bonchev–Trinajstić information content (AvgIpc) is 2.43. The van der Waals surface area contributed by atoms with Gasteiger partial charge in [0, 0.05) is 12.6 Å². The van der Waals surface area contributed by atoms with Gasteiger partial charge in [0.05, 0.1) is 25.6 Å². The minimum atomic E-state index is -0.693. The standard InChI is InChI=1S/C13H9Br2FN2O3/c14-9-3-7(4-10(15)13(9)19)6-17-12-2-1-8(18(20)21)5-11(12)16/h1-5,17,19H,6H2. The van der Waals surface area contributed by atoms with Crippen LogP contribution in [0.1, 0.15) is 5.56 Å². The van der Waals surface area contributed by atoms with Crippen molar-refractivity contribution in [3.05, 3.63) is 60.8 Å². The number of anilines is 1. The van der Waals surface area contributed by atoms with E-state index in [0.717, 1.165) is 11.6 Å². The number of nitrogens with one attached hydrogen (secondary N) is 1. The summed E-state index contributed by atoms with van der Waals surface area (Å²) in [6.45, 7) is 0.298. The molecule has 0 saturated heterocycles. The lowest BCUT2D eigenvalue weighted by molar-refractivity contribution is -0.385. The Morgan fingerprint density at radius 1 is 1.24 bits per heavy atom. The lowest BCUT2D eigenvalue weighted by Crippen LogP contribution is -2.02. The molecule has 0 radical (unpaired) electrons. The summed E-state index contributed by atoms with van der Waals surface area (Å²) >= 11 is 6.41. The molecular formula is C13H9Br2FN2O3. The molecule has 0 aliphatic rings. The Bertz CT molecular complexity index is 687. The lowest BCUT2D eigenvalue weighted by atomic mass is 10.2. The highest BCUT2D eigenvalue weighted by Crippen LogP contribution is 2.33. The molecule has 2 N–H and O–H groups in total. The molecule has 110 valence electrons. The molecule has 0 aliphatic heterocycles. The van der Waals surface area contributed by atoms with E-state index in [2.05, 4.69) is 37.2 Å². The van der Waals surface area contributed by atoms with Crippen molar-refractivity contribution >= 4 is 43.2 Å². The summed E-state index contributed by atoms with van der Waals surface area (Å²) in [7, 11) is 0. The SMILES string of the molecule is O=[N+]([O-])c1ccc(NCc2cc(Br)c(O)c(Br)c2)c(F)c1. The third-order valence-electron chi connectivity index (χ3n) is 2.72. The molecule has 2 rings (SSSR count). The van der Waals surface area contributed by atoms with Crippen molar-refractivity contribution in [2.75, 3.05) is 5.32 Å². The lowest BCUT2D eigenvalue weighted by Gasteiger charge is -2.09. The van der Waals surface area contributed by atoms with Gasteiger partial charge in [0.25, 0.3) is 5.69 Å². The number of phenols is 1. The summed E-state index contributed by atoms with van der Waals surface area (Å²) in [6.07, 6.45) is 0. The number of halogens is 3. The first-order valence-electron chi connectivity index (χ1n) is 5.73. The fraction of sp³-hybridized carbons (Fsp3) is 0.0769. The summed E-state index contributed by atoms with van der Waals surface area (Å²) in [4.78, 5) is 9.88. The highest BCUT2D eigenvalue weighted by molar-refractivity contribution is 9.11. The number of hydrogen-bond donors (Lipinski definition) is 2. The van der Waals surface area contributed by atoms with Gasteiger partial charge in [0.2, 0.25) is 0 Å². The van der Waals surface area contributed by atoms with Crippen LogP contribution in [-0.4, -0.2) is 10.0 Å². The molecule has 0 unspecified atom stereocenters. The van der Waals surface area contributed by atoms with Crippen molar-refractivity contribution in [1.82, 2.24) is 0 Å². The van der Waals surface area contributed by atoms with E-state index < -0.39 is 10.7 Å². The summed E-state index contributed by atoms with van der Waals surface area (Å²) in [5.41, 5.74) is 0.665. The molecule has 0 spiro atoms. The predicted molar refractivity (Wildman–Crippen MR) is 83.9 cm³/mol. The van der Waals surface area contributed by atoms with E-state index in [0.29, 0.717) is 15.5 Å². The van der Waals surface area contributed by atoms with Crippen LogP contribution in [0.5, 0.6) is 5.75 Å². The van der Waals surface area contributed by atoms with Crippen molar-refractivity contribution in [2.45, 2.75) is 6.54 Å². The maximum absolute atomic E-state index is 13.7. The van der Waals surface area contributed by atoms with Crippen LogP contribution in [0.3, 0.4) is 0 Å². The van der Waals surface area contributed by atoms with Crippen molar-refractivity contribution in [3.63, 3.8) is 0 Å². The zero-order chi connectivity index (χ0) is 15.6. The number of hydrogen-bond acceptors (Lipinski definition) is 4. The fourth-order valence-electron chi connectivity index (χ4n) is 1.68. The number of nitro benzene ring substituents is 1. The Kier molecular flexibility index (Phi) is 4.79. The van der Waals surface area contributed by atoms with Gasteiger partial charge in [-0.3, -0.25) is 10.1 Å². The van der Waals surface area contributed by atoms with Gasteiger partial charge in [-0.2, -0.15) is 0 Å². The minimum Gasteiger partial charge on any atom is -0.506 e. The summed E-state index contributed by atoms with van der Waals surface area (Å²) in [6, 6.07) is 6.80. The highest BCUT2D eigenvalue weighted by Gasteiger charge is 2.11. The zero-order valence-electron chi connectivity index (χ0n) is 10.4. The maximum atomic E-state index is 13.7. The first kappa shape index (κ1) is 15.7. The predicted octanol–water partition coefficient (Wildman–Crippen LogP) is 4.58. The molecule has 2 aromatic rings. The van der Waals surface area contributed by atoms with Crippen LogP contribution >= 0.6 is 31.9 Å². The number of rotatable bonds is 4. The topological polar surface area (TPSA) is 75.4 Å². The maximum Gasteiger partial charge on any atom is 0.272 e. The van der Waals surface area contributed by atoms with Gasteiger partial charge in [-0.15, -0.1) is 0 Å². The van der Waals surface area contributed by atoms with E-state index in [9.17, 15) is 19.6 Å². The number of nitro groups is 1. The van der Waals surface area contributed by atoms with Crippen LogP contribution < -0.4 is 5.32 Å². The number of aromatic hydroxyl groups is 1. The molecule has 21 heavy (non-hydrogen) atoms. The fourth-order valence-corrected chi connectivity index (χ4v) is 2.96. The summed E-state index contributed by atoms with van der Waals surface area (Å²) < 4.78 is 14.7. The van der Waals surface area contributed by atoms with Gasteiger partial charge in [-0.1, -0.05) is 0 Å². The molecule has 0 aromatic heterocycles. The van der Waals surface area contributed by atoms with Crippen molar-refractivity contribution in [2.24, 2.45) is 0 Å². The number of phenolic OH excluding ortho intramolecular Hbond substituents is 1. The molecule has 0 amide bonds. The van der Waals surface area contributed by atoms with Crippen LogP contribution in [0.4, 0.5) is 15.8 Å². The van der Waals surface area contributed by atoms with E-state index in [1.807, 2.05) is 0 Å². The Balaban J connectivity index is 2.15. The Labute approximate surface area is 136 Å². The average molecular weight is 420 g/mol. The molecule has 5 nitrogen and oxygen atoms in total. The number of non-ortho nitro benzene ring substituents is 1. The molecule has 0 fully saturated rings. The first-order chi connectivity index (χ1) is 9.88. The Hall–Kier alpha value is -1.67. The zero-order valence-corrected chi connectivity index (χ0v) is 13.6. The smallest absolute Gasteiger partial charge is 0.272 e. The summed E-state index contributed by atoms with van der Waals surface area (Å²) in [5.74, 6) is -0.610. The number of nitrogens with zero attached hydrogens (tertiary/aromatic N) is 1. The number of benzene rings is 2. The van der Waals surface area contributed by atoms with E-state index in [-0.39, 0.29) is 17.1 Å². The van der Waals surface area contributed by atoms with Gasteiger partial charge in [0.15, 0.2) is 5.82 Å². The third kappa shape index (κ3) is 3.70. The minimum absolute atomic E-state index is 0.0836. The second-order valence-corrected chi connectivity index (χ2v) is 5.89. The monoisotopic (exact) mass is 418 g/mol. The molecular weight excluding hydrogens is 411 g/mol. The van der Waals surface area contributed by atoms with Crippen molar-refractivity contribution in [3.8, 4) is 5.75 Å². The van der Waals surface area contributed by atoms with Gasteiger partial charge in [0.1, 0.15) is 5.75 Å². The van der Waals surface area contributed by atoms with Crippen LogP contribution in [0, 0.1) is 15.9 Å². The molecule has 0 heterocycles. The molecule has 8 heteroatoms. The van der Waals surface area contributed by atoms with Crippen molar-refractivity contribution in [1.29, 1.82) is 0 Å². The van der Waals surface area contributed by atoms with E-state index in [1.165, 1.54) is 12.1 Å². The largest absolute Gasteiger partial charge is 0.506 e. The van der Waals surface area contributed by atoms with Gasteiger partial charge in [-0.25, -0.2) is 4.39 Å². The quantitative estimate of drug-likeness (QED) is 0.561. The first-order valence-corrected chi connectivity index (χ1v) is 7.32. The van der Waals surface area contributed by atoms with E-state index >= 15 is 0 Å². The third-order valence-corrected chi connectivity index (χ3v) is 3.93. The van der Waals surface area contributed by atoms with Gasteiger partial charge in [-0.05, 0) is 55.6 Å². The van der Waals surface area contributed by atoms with Crippen LogP contribution in [0.15, 0.2) is 39.3 Å². The van der Waals surface area contributed by atoms with Crippen LogP contribution in [0.25, 0.3) is 0 Å².